The van der Waals surface area contributed by atoms with Crippen LogP contribution in [0.4, 0.5) is 0 Å². The van der Waals surface area contributed by atoms with E-state index in [1.165, 1.54) is 11.1 Å². The third-order valence-corrected chi connectivity index (χ3v) is 7.40. The second-order valence-electron chi connectivity index (χ2n) is 9.34. The molecule has 1 amide bonds. The maximum Gasteiger partial charge on any atom is 0.231 e. The van der Waals surface area contributed by atoms with E-state index in [1.807, 2.05) is 18.2 Å². The molecule has 3 fully saturated rings. The van der Waals surface area contributed by atoms with Gasteiger partial charge >= 0.3 is 0 Å². The Morgan fingerprint density at radius 2 is 1.80 bits per heavy atom. The summed E-state index contributed by atoms with van der Waals surface area (Å²) in [5.41, 5.74) is 2.30. The highest BCUT2D eigenvalue weighted by Gasteiger charge is 2.52. The minimum absolute atomic E-state index is 0.276. The van der Waals surface area contributed by atoms with Crippen molar-refractivity contribution in [1.82, 2.24) is 15.1 Å². The van der Waals surface area contributed by atoms with Crippen LogP contribution in [0.15, 0.2) is 54.6 Å². The minimum Gasteiger partial charge on any atom is -0.497 e. The first kappa shape index (κ1) is 19.6. The van der Waals surface area contributed by atoms with Crippen LogP contribution in [0.5, 0.6) is 5.75 Å². The lowest BCUT2D eigenvalue weighted by Crippen LogP contribution is -2.63. The number of benzene rings is 2. The van der Waals surface area contributed by atoms with Gasteiger partial charge in [0.05, 0.1) is 12.5 Å². The monoisotopic (exact) mass is 405 g/mol. The molecular weight excluding hydrogens is 374 g/mol. The van der Waals surface area contributed by atoms with Crippen LogP contribution in [-0.2, 0) is 11.2 Å². The first-order valence-corrected chi connectivity index (χ1v) is 11.0. The van der Waals surface area contributed by atoms with Crippen molar-refractivity contribution in [3.8, 4) is 5.75 Å². The number of hydrogen-bond acceptors (Lipinski definition) is 4. The van der Waals surface area contributed by atoms with E-state index in [0.29, 0.717) is 23.8 Å². The van der Waals surface area contributed by atoms with Gasteiger partial charge < -0.3 is 15.0 Å². The van der Waals surface area contributed by atoms with Gasteiger partial charge in [0, 0.05) is 44.7 Å². The summed E-state index contributed by atoms with van der Waals surface area (Å²) in [5.74, 6) is 2.28. The molecular formula is C25H31N3O2. The third kappa shape index (κ3) is 3.30. The van der Waals surface area contributed by atoms with Crippen molar-refractivity contribution >= 4 is 5.91 Å². The van der Waals surface area contributed by atoms with Gasteiger partial charge in [0.25, 0.3) is 0 Å². The second-order valence-corrected chi connectivity index (χ2v) is 9.34. The summed E-state index contributed by atoms with van der Waals surface area (Å²) in [6, 6.07) is 19.3. The van der Waals surface area contributed by atoms with Crippen molar-refractivity contribution in [1.29, 1.82) is 0 Å². The SMILES string of the molecule is COc1ccc([C@H]2[C@@H]3CN(C(=O)C4(Cc5ccccc5)CNC4)C[C@@H]3CN2C)cc1. The summed E-state index contributed by atoms with van der Waals surface area (Å²) >= 11 is 0. The summed E-state index contributed by atoms with van der Waals surface area (Å²) in [7, 11) is 3.92. The number of fused-ring (bicyclic) bond motifs is 1. The molecule has 0 bridgehead atoms. The van der Waals surface area contributed by atoms with Crippen LogP contribution in [0.3, 0.4) is 0 Å². The molecule has 1 N–H and O–H groups in total. The molecule has 5 heteroatoms. The van der Waals surface area contributed by atoms with Crippen LogP contribution in [0.1, 0.15) is 17.2 Å². The molecule has 0 unspecified atom stereocenters. The topological polar surface area (TPSA) is 44.8 Å². The van der Waals surface area contributed by atoms with Gasteiger partial charge in [-0.05, 0) is 42.6 Å². The molecule has 3 aliphatic heterocycles. The van der Waals surface area contributed by atoms with Gasteiger partial charge in [-0.1, -0.05) is 42.5 Å². The lowest BCUT2D eigenvalue weighted by Gasteiger charge is -2.44. The fourth-order valence-electron chi connectivity index (χ4n) is 5.83. The second kappa shape index (κ2) is 7.71. The van der Waals surface area contributed by atoms with Gasteiger partial charge in [-0.3, -0.25) is 9.69 Å². The van der Waals surface area contributed by atoms with E-state index in [-0.39, 0.29) is 5.41 Å². The fraction of sp³-hybridized carbons (Fsp3) is 0.480. The smallest absolute Gasteiger partial charge is 0.231 e. The molecule has 2 aromatic carbocycles. The van der Waals surface area contributed by atoms with Crippen LogP contribution in [0.25, 0.3) is 0 Å². The van der Waals surface area contributed by atoms with Gasteiger partial charge in [0.15, 0.2) is 0 Å². The fourth-order valence-corrected chi connectivity index (χ4v) is 5.83. The van der Waals surface area contributed by atoms with Gasteiger partial charge in [-0.2, -0.15) is 0 Å². The molecule has 0 aromatic heterocycles. The van der Waals surface area contributed by atoms with Gasteiger partial charge in [-0.15, -0.1) is 0 Å². The minimum atomic E-state index is -0.276. The quantitative estimate of drug-likeness (QED) is 0.831. The number of ether oxygens (including phenoxy) is 1. The number of carbonyl (C=O) groups is 1. The number of rotatable bonds is 5. The third-order valence-electron chi connectivity index (χ3n) is 7.40. The van der Waals surface area contributed by atoms with Crippen molar-refractivity contribution in [2.24, 2.45) is 17.3 Å². The maximum atomic E-state index is 13.6. The van der Waals surface area contributed by atoms with Crippen LogP contribution in [0.2, 0.25) is 0 Å². The molecule has 5 rings (SSSR count). The van der Waals surface area contributed by atoms with Crippen molar-refractivity contribution in [2.75, 3.05) is 46.9 Å². The van der Waals surface area contributed by atoms with E-state index in [2.05, 4.69) is 58.6 Å². The highest BCUT2D eigenvalue weighted by molar-refractivity contribution is 5.85. The van der Waals surface area contributed by atoms with Crippen molar-refractivity contribution in [3.05, 3.63) is 65.7 Å². The zero-order valence-electron chi connectivity index (χ0n) is 17.9. The lowest BCUT2D eigenvalue weighted by molar-refractivity contribution is -0.144. The Bertz CT molecular complexity index is 894. The zero-order chi connectivity index (χ0) is 20.7. The maximum absolute atomic E-state index is 13.6. The van der Waals surface area contributed by atoms with E-state index in [1.54, 1.807) is 7.11 Å². The number of nitrogens with one attached hydrogen (secondary N) is 1. The zero-order valence-corrected chi connectivity index (χ0v) is 17.9. The Balaban J connectivity index is 1.32. The normalized spacial score (nSPS) is 27.5. The van der Waals surface area contributed by atoms with E-state index >= 15 is 0 Å². The van der Waals surface area contributed by atoms with E-state index < -0.39 is 0 Å². The highest BCUT2D eigenvalue weighted by Crippen LogP contribution is 2.45. The van der Waals surface area contributed by atoms with E-state index in [4.69, 9.17) is 4.74 Å². The summed E-state index contributed by atoms with van der Waals surface area (Å²) in [5, 5.41) is 3.36. The van der Waals surface area contributed by atoms with Crippen molar-refractivity contribution in [2.45, 2.75) is 12.5 Å². The molecule has 2 aromatic rings. The molecule has 0 radical (unpaired) electrons. The standard InChI is InChI=1S/C25H31N3O2/c1-27-13-20-14-28(15-22(20)23(27)19-8-10-21(30-2)11-9-19)24(29)25(16-26-17-25)12-18-6-4-3-5-7-18/h3-11,20,22-23,26H,12-17H2,1-2H3/t20-,22+,23-/m0/s1. The molecule has 3 saturated heterocycles. The van der Waals surface area contributed by atoms with Crippen molar-refractivity contribution in [3.63, 3.8) is 0 Å². The van der Waals surface area contributed by atoms with Gasteiger partial charge in [0.2, 0.25) is 5.91 Å². The van der Waals surface area contributed by atoms with Crippen LogP contribution in [-0.4, -0.2) is 62.6 Å². The van der Waals surface area contributed by atoms with Gasteiger partial charge in [-0.25, -0.2) is 0 Å². The summed E-state index contributed by atoms with van der Waals surface area (Å²) in [6.07, 6.45) is 0.827. The Morgan fingerprint density at radius 3 is 2.43 bits per heavy atom. The number of carbonyl (C=O) groups excluding carboxylic acids is 1. The molecule has 5 nitrogen and oxygen atoms in total. The van der Waals surface area contributed by atoms with E-state index in [9.17, 15) is 4.79 Å². The highest BCUT2D eigenvalue weighted by atomic mass is 16.5. The predicted molar refractivity (Wildman–Crippen MR) is 117 cm³/mol. The largest absolute Gasteiger partial charge is 0.497 e. The molecule has 0 spiro atoms. The van der Waals surface area contributed by atoms with Gasteiger partial charge in [0.1, 0.15) is 5.75 Å². The molecule has 3 aliphatic rings. The number of hydrogen-bond donors (Lipinski definition) is 1. The van der Waals surface area contributed by atoms with E-state index in [0.717, 1.165) is 44.9 Å². The summed E-state index contributed by atoms with van der Waals surface area (Å²) < 4.78 is 5.33. The van der Waals surface area contributed by atoms with Crippen LogP contribution >= 0.6 is 0 Å². The average molecular weight is 406 g/mol. The van der Waals surface area contributed by atoms with Crippen molar-refractivity contribution < 1.29 is 9.53 Å². The Labute approximate surface area is 179 Å². The Morgan fingerprint density at radius 1 is 1.07 bits per heavy atom. The molecule has 3 heterocycles. The first-order chi connectivity index (χ1) is 14.6. The lowest BCUT2D eigenvalue weighted by atomic mass is 9.75. The average Bonchev–Trinajstić information content (AvgIpc) is 3.27. The number of likely N-dealkylation sites (tertiary alicyclic amines) is 2. The Hall–Kier alpha value is -2.37. The predicted octanol–water partition coefficient (Wildman–Crippen LogP) is 2.59. The number of amides is 1. The summed E-state index contributed by atoms with van der Waals surface area (Å²) in [6.45, 7) is 4.37. The van der Waals surface area contributed by atoms with Crippen LogP contribution < -0.4 is 10.1 Å². The molecule has 0 saturated carbocycles. The molecule has 0 aliphatic carbocycles. The molecule has 158 valence electrons. The number of methoxy groups -OCH3 is 1. The molecule has 3 atom stereocenters. The number of nitrogens with zero attached hydrogens (tertiary/aromatic N) is 2. The summed E-state index contributed by atoms with van der Waals surface area (Å²) in [4.78, 5) is 18.3. The molecule has 30 heavy (non-hydrogen) atoms. The Kier molecular flexibility index (Phi) is 5.03. The first-order valence-electron chi connectivity index (χ1n) is 11.0. The van der Waals surface area contributed by atoms with Crippen LogP contribution in [0, 0.1) is 17.3 Å².